The number of rotatable bonds is 10. The van der Waals surface area contributed by atoms with Gasteiger partial charge < -0.3 is 16.4 Å². The van der Waals surface area contributed by atoms with Crippen LogP contribution in [0.2, 0.25) is 0 Å². The van der Waals surface area contributed by atoms with Gasteiger partial charge >= 0.3 is 0 Å². The summed E-state index contributed by atoms with van der Waals surface area (Å²) >= 11 is 0. The molecule has 1 rings (SSSR count). The number of aliphatic imine (C=N–C) groups is 1. The summed E-state index contributed by atoms with van der Waals surface area (Å²) in [5, 5.41) is 6.08. The second-order valence-electron chi connectivity index (χ2n) is 6.19. The van der Waals surface area contributed by atoms with Crippen LogP contribution in [0.5, 0.6) is 0 Å². The third kappa shape index (κ3) is 7.99. The van der Waals surface area contributed by atoms with Gasteiger partial charge in [0.15, 0.2) is 5.96 Å². The Bertz CT molecular complexity index is 528. The van der Waals surface area contributed by atoms with Crippen molar-refractivity contribution in [2.75, 3.05) is 11.9 Å². The summed E-state index contributed by atoms with van der Waals surface area (Å²) in [5.74, 6) is 0.534. The molecule has 0 bridgehead atoms. The molecule has 0 fully saturated rings. The van der Waals surface area contributed by atoms with Crippen LogP contribution in [0.15, 0.2) is 29.3 Å². The van der Waals surface area contributed by atoms with Gasteiger partial charge in [0.05, 0.1) is 6.54 Å². The number of guanidine groups is 1. The minimum absolute atomic E-state index is 0.0132. The van der Waals surface area contributed by atoms with Crippen molar-refractivity contribution in [3.63, 3.8) is 0 Å². The molecule has 1 atom stereocenters. The first-order valence-electron chi connectivity index (χ1n) is 9.00. The number of carbonyl (C=O) groups is 1. The van der Waals surface area contributed by atoms with E-state index in [1.165, 1.54) is 19.3 Å². The number of carbonyl (C=O) groups excluding carboxylic acids is 1. The van der Waals surface area contributed by atoms with Crippen molar-refractivity contribution < 1.29 is 4.79 Å². The van der Waals surface area contributed by atoms with E-state index < -0.39 is 0 Å². The maximum absolute atomic E-state index is 11.9. The molecule has 0 saturated heterocycles. The molecule has 134 valence electrons. The van der Waals surface area contributed by atoms with Gasteiger partial charge in [0, 0.05) is 18.2 Å². The lowest BCUT2D eigenvalue weighted by atomic mass is 10.1. The first kappa shape index (κ1) is 20.0. The van der Waals surface area contributed by atoms with Crippen molar-refractivity contribution in [3.8, 4) is 0 Å². The largest absolute Gasteiger partial charge is 0.370 e. The first-order chi connectivity index (χ1) is 11.6. The van der Waals surface area contributed by atoms with Crippen molar-refractivity contribution in [1.29, 1.82) is 0 Å². The van der Waals surface area contributed by atoms with E-state index in [1.54, 1.807) is 0 Å². The zero-order chi connectivity index (χ0) is 17.8. The van der Waals surface area contributed by atoms with Crippen molar-refractivity contribution in [2.45, 2.75) is 59.4 Å². The van der Waals surface area contributed by atoms with Gasteiger partial charge in [0.25, 0.3) is 0 Å². The molecule has 0 saturated carbocycles. The summed E-state index contributed by atoms with van der Waals surface area (Å²) in [4.78, 5) is 16.3. The van der Waals surface area contributed by atoms with Crippen LogP contribution < -0.4 is 16.4 Å². The lowest BCUT2D eigenvalue weighted by molar-refractivity contribution is -0.119. The van der Waals surface area contributed by atoms with Gasteiger partial charge in [-0.25, -0.2) is 4.99 Å². The highest BCUT2D eigenvalue weighted by molar-refractivity contribution is 5.92. The molecule has 0 radical (unpaired) electrons. The summed E-state index contributed by atoms with van der Waals surface area (Å²) in [6.07, 6.45) is 5.65. The van der Waals surface area contributed by atoms with E-state index >= 15 is 0 Å². The average molecular weight is 332 g/mol. The minimum atomic E-state index is 0.0132. The van der Waals surface area contributed by atoms with Crippen LogP contribution in [0.3, 0.4) is 0 Å². The number of anilines is 1. The highest BCUT2D eigenvalue weighted by Gasteiger charge is 2.10. The van der Waals surface area contributed by atoms with Gasteiger partial charge in [0.2, 0.25) is 5.91 Å². The van der Waals surface area contributed by atoms with Gasteiger partial charge in [-0.15, -0.1) is 0 Å². The quantitative estimate of drug-likeness (QED) is 0.347. The second kappa shape index (κ2) is 11.5. The van der Waals surface area contributed by atoms with Crippen LogP contribution in [-0.2, 0) is 11.3 Å². The molecule has 4 N–H and O–H groups in total. The van der Waals surface area contributed by atoms with Crippen molar-refractivity contribution in [3.05, 3.63) is 29.8 Å². The average Bonchev–Trinajstić information content (AvgIpc) is 2.59. The molecule has 5 heteroatoms. The Morgan fingerprint density at radius 2 is 2.04 bits per heavy atom. The Balaban J connectivity index is 2.46. The van der Waals surface area contributed by atoms with Gasteiger partial charge in [-0.3, -0.25) is 4.79 Å². The summed E-state index contributed by atoms with van der Waals surface area (Å²) < 4.78 is 0. The summed E-state index contributed by atoms with van der Waals surface area (Å²) in [6, 6.07) is 7.74. The van der Waals surface area contributed by atoms with Gasteiger partial charge in [-0.2, -0.15) is 0 Å². The maximum Gasteiger partial charge on any atom is 0.227 e. The molecule has 1 amide bonds. The SMILES string of the molecule is CCCCCCNC(N)=NCc1cccc(NC(=O)C(C)CC)c1. The van der Waals surface area contributed by atoms with E-state index in [9.17, 15) is 4.79 Å². The van der Waals surface area contributed by atoms with E-state index in [0.717, 1.165) is 30.6 Å². The number of nitrogens with two attached hydrogens (primary N) is 1. The first-order valence-corrected chi connectivity index (χ1v) is 9.00. The molecule has 0 aromatic heterocycles. The van der Waals surface area contributed by atoms with Crippen LogP contribution in [0.1, 0.15) is 58.4 Å². The highest BCUT2D eigenvalue weighted by Crippen LogP contribution is 2.13. The van der Waals surface area contributed by atoms with Gasteiger partial charge in [-0.05, 0) is 30.5 Å². The van der Waals surface area contributed by atoms with Crippen molar-refractivity contribution in [2.24, 2.45) is 16.6 Å². The lowest BCUT2D eigenvalue weighted by Gasteiger charge is -2.11. The third-order valence-corrected chi connectivity index (χ3v) is 4.02. The molecule has 0 heterocycles. The Labute approximate surface area is 146 Å². The molecule has 1 aromatic rings. The molecular formula is C19H32N4O. The molecule has 1 unspecified atom stereocenters. The Morgan fingerprint density at radius 3 is 2.75 bits per heavy atom. The Morgan fingerprint density at radius 1 is 1.25 bits per heavy atom. The molecule has 5 nitrogen and oxygen atoms in total. The fraction of sp³-hybridized carbons (Fsp3) is 0.579. The topological polar surface area (TPSA) is 79.5 Å². The van der Waals surface area contributed by atoms with Crippen LogP contribution >= 0.6 is 0 Å². The molecule has 1 aromatic carbocycles. The molecule has 0 aliphatic heterocycles. The molecular weight excluding hydrogens is 300 g/mol. The van der Waals surface area contributed by atoms with Gasteiger partial charge in [0.1, 0.15) is 0 Å². The van der Waals surface area contributed by atoms with Crippen LogP contribution in [0, 0.1) is 5.92 Å². The summed E-state index contributed by atoms with van der Waals surface area (Å²) in [7, 11) is 0. The van der Waals surface area contributed by atoms with Crippen molar-refractivity contribution in [1.82, 2.24) is 5.32 Å². The fourth-order valence-corrected chi connectivity index (χ4v) is 2.20. The molecule has 0 aliphatic rings. The predicted octanol–water partition coefficient (Wildman–Crippen LogP) is 3.66. The van der Waals surface area contributed by atoms with E-state index in [-0.39, 0.29) is 11.8 Å². The van der Waals surface area contributed by atoms with Crippen LogP contribution in [0.25, 0.3) is 0 Å². The number of nitrogens with one attached hydrogen (secondary N) is 2. The zero-order valence-electron chi connectivity index (χ0n) is 15.3. The normalized spacial score (nSPS) is 12.7. The molecule has 0 aliphatic carbocycles. The van der Waals surface area contributed by atoms with Crippen molar-refractivity contribution >= 4 is 17.6 Å². The Kier molecular flexibility index (Phi) is 9.58. The maximum atomic E-state index is 11.9. The predicted molar refractivity (Wildman–Crippen MR) is 102 cm³/mol. The third-order valence-electron chi connectivity index (χ3n) is 4.02. The van der Waals surface area contributed by atoms with Crippen LogP contribution in [0.4, 0.5) is 5.69 Å². The van der Waals surface area contributed by atoms with E-state index in [2.05, 4.69) is 22.5 Å². The number of hydrogen-bond acceptors (Lipinski definition) is 2. The monoisotopic (exact) mass is 332 g/mol. The highest BCUT2D eigenvalue weighted by atomic mass is 16.1. The molecule has 24 heavy (non-hydrogen) atoms. The minimum Gasteiger partial charge on any atom is -0.370 e. The summed E-state index contributed by atoms with van der Waals surface area (Å²) in [5.41, 5.74) is 7.71. The fourth-order valence-electron chi connectivity index (χ4n) is 2.20. The lowest BCUT2D eigenvalue weighted by Crippen LogP contribution is -2.32. The number of amides is 1. The number of hydrogen-bond donors (Lipinski definition) is 3. The van der Waals surface area contributed by atoms with E-state index in [4.69, 9.17) is 5.73 Å². The van der Waals surface area contributed by atoms with E-state index in [1.807, 2.05) is 38.1 Å². The number of unbranched alkanes of at least 4 members (excludes halogenated alkanes) is 3. The standard InChI is InChI=1S/C19H32N4O/c1-4-6-7-8-12-21-19(20)22-14-16-10-9-11-17(13-16)23-18(24)15(3)5-2/h9-11,13,15H,4-8,12,14H2,1-3H3,(H,23,24)(H3,20,21,22). The number of benzene rings is 1. The molecule has 0 spiro atoms. The number of nitrogens with zero attached hydrogens (tertiary/aromatic N) is 1. The Hall–Kier alpha value is -2.04. The van der Waals surface area contributed by atoms with Crippen LogP contribution in [-0.4, -0.2) is 18.4 Å². The van der Waals surface area contributed by atoms with Gasteiger partial charge in [-0.1, -0.05) is 52.2 Å². The second-order valence-corrected chi connectivity index (χ2v) is 6.19. The smallest absolute Gasteiger partial charge is 0.227 e. The summed E-state index contributed by atoms with van der Waals surface area (Å²) in [6.45, 7) is 7.49. The van der Waals surface area contributed by atoms with E-state index in [0.29, 0.717) is 12.5 Å². The zero-order valence-corrected chi connectivity index (χ0v) is 15.3.